The molecular formula is C28H28O9. The van der Waals surface area contributed by atoms with Crippen molar-refractivity contribution in [3.05, 3.63) is 71.4 Å². The molecule has 0 amide bonds. The molecule has 194 valence electrons. The van der Waals surface area contributed by atoms with Gasteiger partial charge in [-0.15, -0.1) is 0 Å². The van der Waals surface area contributed by atoms with E-state index in [1.165, 1.54) is 30.7 Å². The minimum absolute atomic E-state index is 0.120. The van der Waals surface area contributed by atoms with Crippen LogP contribution in [0.25, 0.3) is 0 Å². The Kier molecular flexibility index (Phi) is 6.06. The molecule has 1 saturated carbocycles. The lowest BCUT2D eigenvalue weighted by molar-refractivity contribution is -0.197. The first-order valence-electron chi connectivity index (χ1n) is 12.2. The first kappa shape index (κ1) is 25.0. The van der Waals surface area contributed by atoms with Gasteiger partial charge in [0.15, 0.2) is 5.76 Å². The molecular weight excluding hydrogens is 480 g/mol. The van der Waals surface area contributed by atoms with Crippen LogP contribution >= 0.6 is 0 Å². The first-order valence-corrected chi connectivity index (χ1v) is 12.2. The number of cyclic esters (lactones) is 1. The van der Waals surface area contributed by atoms with Gasteiger partial charge in [0.1, 0.15) is 6.10 Å². The molecule has 9 heteroatoms. The third-order valence-electron chi connectivity index (χ3n) is 8.52. The number of carboxylic acid groups (broad SMARTS) is 1. The maximum Gasteiger partial charge on any atom is 0.343 e. The van der Waals surface area contributed by atoms with E-state index in [2.05, 4.69) is 0 Å². The van der Waals surface area contributed by atoms with Gasteiger partial charge < -0.3 is 24.1 Å². The van der Waals surface area contributed by atoms with E-state index in [0.717, 1.165) is 0 Å². The Morgan fingerprint density at radius 2 is 1.95 bits per heavy atom. The highest BCUT2D eigenvalue weighted by Crippen LogP contribution is 2.64. The van der Waals surface area contributed by atoms with E-state index in [9.17, 15) is 29.4 Å². The molecule has 5 rings (SSSR count). The molecule has 1 aromatic carbocycles. The Morgan fingerprint density at radius 1 is 1.16 bits per heavy atom. The van der Waals surface area contributed by atoms with E-state index in [0.29, 0.717) is 30.4 Å². The van der Waals surface area contributed by atoms with E-state index in [4.69, 9.17) is 13.9 Å². The summed E-state index contributed by atoms with van der Waals surface area (Å²) in [5, 5.41) is 19.6. The van der Waals surface area contributed by atoms with Gasteiger partial charge in [-0.25, -0.2) is 4.79 Å². The average Bonchev–Trinajstić information content (AvgIpc) is 3.40. The van der Waals surface area contributed by atoms with Gasteiger partial charge in [0.2, 0.25) is 5.78 Å². The van der Waals surface area contributed by atoms with E-state index in [-0.39, 0.29) is 17.9 Å². The van der Waals surface area contributed by atoms with Gasteiger partial charge in [0, 0.05) is 11.5 Å². The number of aliphatic carboxylic acids is 1. The maximum absolute atomic E-state index is 14.0. The summed E-state index contributed by atoms with van der Waals surface area (Å²) >= 11 is 0. The Bertz CT molecular complexity index is 1290. The summed E-state index contributed by atoms with van der Waals surface area (Å²) in [4.78, 5) is 52.6. The van der Waals surface area contributed by atoms with Gasteiger partial charge in [0.25, 0.3) is 0 Å². The summed E-state index contributed by atoms with van der Waals surface area (Å²) in [6.07, 6.45) is 4.54. The molecule has 0 bridgehead atoms. The number of ketones is 1. The zero-order chi connectivity index (χ0) is 26.5. The molecule has 2 heterocycles. The summed E-state index contributed by atoms with van der Waals surface area (Å²) in [6.45, 7) is 3.32. The number of Topliss-reactive ketones (excluding diaryl/α,β-unsaturated/α-hetero) is 1. The number of ether oxygens (including phenoxy) is 2. The molecule has 9 nitrogen and oxygen atoms in total. The molecule has 3 aliphatic rings. The topological polar surface area (TPSA) is 140 Å². The predicted octanol–water partition coefficient (Wildman–Crippen LogP) is 3.82. The van der Waals surface area contributed by atoms with Crippen molar-refractivity contribution < 1.29 is 43.3 Å². The fourth-order valence-corrected chi connectivity index (χ4v) is 6.73. The Hall–Kier alpha value is -3.72. The number of carbonyl (C=O) groups is 4. The Labute approximate surface area is 213 Å². The molecule has 1 saturated heterocycles. The van der Waals surface area contributed by atoms with Gasteiger partial charge in [-0.05, 0) is 59.9 Å². The van der Waals surface area contributed by atoms with Crippen LogP contribution in [0.5, 0.6) is 0 Å². The van der Waals surface area contributed by atoms with Crippen molar-refractivity contribution in [3.8, 4) is 0 Å². The molecule has 0 radical (unpaired) electrons. The lowest BCUT2D eigenvalue weighted by Gasteiger charge is -2.59. The summed E-state index contributed by atoms with van der Waals surface area (Å²) in [5.41, 5.74) is -0.682. The summed E-state index contributed by atoms with van der Waals surface area (Å²) in [6, 6.07) is 7.83. The van der Waals surface area contributed by atoms with Crippen molar-refractivity contribution in [2.45, 2.75) is 45.8 Å². The third-order valence-corrected chi connectivity index (χ3v) is 8.52. The van der Waals surface area contributed by atoms with Crippen molar-refractivity contribution in [1.29, 1.82) is 0 Å². The minimum Gasteiger partial charge on any atom is -0.481 e. The lowest BCUT2D eigenvalue weighted by atomic mass is 9.44. The standard InChI is InChI=1S/C28H28O9/c1-27-8-6-18-26(34)37-21(17-7-9-35-14-17)12-28(18,2)23(27)22(30)20(11-19(27)24(31)32)36-25(33)16-5-3-4-15(10-16)13-29/h3-5,7,9-11,14,18-19,21,23,29H,6,8,12-13H2,1-2H3,(H,31,32)/t18-,19-,21-,23-,27-,28-/m0/s1. The fraction of sp³-hybridized carbons (Fsp3) is 0.429. The number of benzene rings is 1. The molecule has 2 aromatic rings. The maximum atomic E-state index is 14.0. The number of furan rings is 1. The van der Waals surface area contributed by atoms with Gasteiger partial charge in [-0.1, -0.05) is 26.0 Å². The zero-order valence-corrected chi connectivity index (χ0v) is 20.5. The van der Waals surface area contributed by atoms with Crippen LogP contribution in [-0.2, 0) is 30.5 Å². The first-order chi connectivity index (χ1) is 17.6. The average molecular weight is 509 g/mol. The summed E-state index contributed by atoms with van der Waals surface area (Å²) in [5.74, 6) is -5.86. The number of hydrogen-bond acceptors (Lipinski definition) is 8. The molecule has 0 unspecified atom stereocenters. The van der Waals surface area contributed by atoms with Crippen molar-refractivity contribution >= 4 is 23.7 Å². The number of esters is 2. The molecule has 1 aromatic heterocycles. The van der Waals surface area contributed by atoms with Gasteiger partial charge in [-0.2, -0.15) is 0 Å². The van der Waals surface area contributed by atoms with Crippen LogP contribution in [0.1, 0.15) is 60.7 Å². The quantitative estimate of drug-likeness (QED) is 0.577. The molecule has 2 fully saturated rings. The van der Waals surface area contributed by atoms with E-state index in [1.54, 1.807) is 25.1 Å². The fourth-order valence-electron chi connectivity index (χ4n) is 6.73. The van der Waals surface area contributed by atoms with Crippen molar-refractivity contribution in [2.24, 2.45) is 28.6 Å². The van der Waals surface area contributed by atoms with E-state index >= 15 is 0 Å². The largest absolute Gasteiger partial charge is 0.481 e. The minimum atomic E-state index is -1.14. The second kappa shape index (κ2) is 8.99. The van der Waals surface area contributed by atoms with Crippen LogP contribution in [0.3, 0.4) is 0 Å². The van der Waals surface area contributed by atoms with E-state index in [1.807, 2.05) is 6.92 Å². The highest BCUT2D eigenvalue weighted by molar-refractivity contribution is 6.03. The molecule has 37 heavy (non-hydrogen) atoms. The van der Waals surface area contributed by atoms with E-state index < -0.39 is 58.4 Å². The van der Waals surface area contributed by atoms with Crippen molar-refractivity contribution in [2.75, 3.05) is 0 Å². The zero-order valence-electron chi connectivity index (χ0n) is 20.5. The summed E-state index contributed by atoms with van der Waals surface area (Å²) < 4.78 is 16.4. The Morgan fingerprint density at radius 3 is 2.62 bits per heavy atom. The summed E-state index contributed by atoms with van der Waals surface area (Å²) in [7, 11) is 0. The number of hydrogen-bond donors (Lipinski definition) is 2. The van der Waals surface area contributed by atoms with Gasteiger partial charge in [0.05, 0.1) is 36.5 Å². The molecule has 0 spiro atoms. The molecule has 2 aliphatic carbocycles. The van der Waals surface area contributed by atoms with Crippen LogP contribution in [0, 0.1) is 28.6 Å². The van der Waals surface area contributed by atoms with Crippen molar-refractivity contribution in [1.82, 2.24) is 0 Å². The second-order valence-corrected chi connectivity index (χ2v) is 10.7. The number of rotatable bonds is 5. The SMILES string of the molecule is C[C@@]12CC[C@H]3C(=O)O[C@H](c4ccoc4)C[C@]3(C)[C@H]1C(=O)C(OC(=O)c1cccc(CO)c1)=C[C@H]2C(=O)O. The number of carbonyl (C=O) groups excluding carboxylic acids is 3. The smallest absolute Gasteiger partial charge is 0.343 e. The van der Waals surface area contributed by atoms with Crippen molar-refractivity contribution in [3.63, 3.8) is 0 Å². The van der Waals surface area contributed by atoms with Crippen LogP contribution in [0.4, 0.5) is 0 Å². The third kappa shape index (κ3) is 3.98. The van der Waals surface area contributed by atoms with Crippen LogP contribution in [-0.4, -0.2) is 33.9 Å². The number of allylic oxidation sites excluding steroid dienone is 1. The van der Waals surface area contributed by atoms with Gasteiger partial charge in [-0.3, -0.25) is 14.4 Å². The monoisotopic (exact) mass is 508 g/mol. The van der Waals surface area contributed by atoms with Crippen LogP contribution < -0.4 is 0 Å². The lowest BCUT2D eigenvalue weighted by Crippen LogP contribution is -2.61. The van der Waals surface area contributed by atoms with Crippen LogP contribution in [0.2, 0.25) is 0 Å². The normalized spacial score (nSPS) is 33.0. The number of aliphatic hydroxyl groups excluding tert-OH is 1. The highest BCUT2D eigenvalue weighted by Gasteiger charge is 2.66. The molecule has 6 atom stereocenters. The number of carboxylic acids is 1. The highest BCUT2D eigenvalue weighted by atomic mass is 16.5. The second-order valence-electron chi connectivity index (χ2n) is 10.7. The predicted molar refractivity (Wildman–Crippen MR) is 127 cm³/mol. The number of fused-ring (bicyclic) bond motifs is 3. The van der Waals surface area contributed by atoms with Crippen LogP contribution in [0.15, 0.2) is 59.1 Å². The molecule has 1 aliphatic heterocycles. The van der Waals surface area contributed by atoms with Gasteiger partial charge >= 0.3 is 17.9 Å². The number of aliphatic hydroxyl groups is 1. The molecule has 2 N–H and O–H groups in total. The Balaban J connectivity index is 1.54.